The molecule has 0 radical (unpaired) electrons. The number of hydrogen-bond donors (Lipinski definition) is 1. The minimum Gasteiger partial charge on any atom is -0.493 e. The van der Waals surface area contributed by atoms with Crippen LogP contribution in [0.15, 0.2) is 48.5 Å². The fourth-order valence-electron chi connectivity index (χ4n) is 3.98. The molecule has 4 rings (SSSR count). The van der Waals surface area contributed by atoms with Crippen LogP contribution in [-0.4, -0.2) is 53.5 Å². The molecule has 1 aromatic heterocycles. The molecule has 3 aromatic rings. The zero-order valence-corrected chi connectivity index (χ0v) is 21.3. The van der Waals surface area contributed by atoms with Crippen molar-refractivity contribution in [2.24, 2.45) is 5.92 Å². The zero-order valence-electron chi connectivity index (χ0n) is 20.6. The molecule has 1 aliphatic rings. The van der Waals surface area contributed by atoms with E-state index in [1.807, 2.05) is 54.1 Å². The van der Waals surface area contributed by atoms with Crippen molar-refractivity contribution in [1.29, 1.82) is 0 Å². The van der Waals surface area contributed by atoms with Gasteiger partial charge in [0.1, 0.15) is 5.75 Å². The third-order valence-corrected chi connectivity index (χ3v) is 6.07. The van der Waals surface area contributed by atoms with Crippen molar-refractivity contribution < 1.29 is 14.3 Å². The van der Waals surface area contributed by atoms with E-state index in [2.05, 4.69) is 35.2 Å². The van der Waals surface area contributed by atoms with Gasteiger partial charge in [-0.2, -0.15) is 5.10 Å². The summed E-state index contributed by atoms with van der Waals surface area (Å²) >= 11 is 6.25. The number of ether oxygens (including phenoxy) is 2. The number of benzene rings is 2. The summed E-state index contributed by atoms with van der Waals surface area (Å²) in [4.78, 5) is 15.3. The van der Waals surface area contributed by atoms with E-state index in [0.717, 1.165) is 55.4 Å². The number of amides is 1. The van der Waals surface area contributed by atoms with Crippen molar-refractivity contribution in [2.75, 3.05) is 38.2 Å². The fraction of sp³-hybridized carbons (Fsp3) is 0.407. The second kappa shape index (κ2) is 11.7. The van der Waals surface area contributed by atoms with Crippen LogP contribution >= 0.6 is 11.6 Å². The highest BCUT2D eigenvalue weighted by Gasteiger charge is 2.15. The molecule has 1 fully saturated rings. The number of hydrogen-bond acceptors (Lipinski definition) is 5. The molecule has 1 N–H and O–H groups in total. The molecule has 2 aromatic carbocycles. The fourth-order valence-corrected chi connectivity index (χ4v) is 4.17. The van der Waals surface area contributed by atoms with Gasteiger partial charge in [0.05, 0.1) is 26.4 Å². The number of carbonyl (C=O) groups is 1. The maximum atomic E-state index is 13.0. The van der Waals surface area contributed by atoms with E-state index >= 15 is 0 Å². The molecular weight excluding hydrogens is 464 g/mol. The largest absolute Gasteiger partial charge is 0.493 e. The first-order valence-electron chi connectivity index (χ1n) is 12.0. The Morgan fingerprint density at radius 3 is 2.71 bits per heavy atom. The van der Waals surface area contributed by atoms with E-state index in [1.165, 1.54) is 0 Å². The monoisotopic (exact) mass is 496 g/mol. The van der Waals surface area contributed by atoms with Gasteiger partial charge in [0.25, 0.3) is 5.91 Å². The lowest BCUT2D eigenvalue weighted by atomic mass is 10.1. The van der Waals surface area contributed by atoms with Crippen LogP contribution in [0, 0.1) is 12.8 Å². The van der Waals surface area contributed by atoms with Crippen molar-refractivity contribution in [3.8, 4) is 5.75 Å². The topological polar surface area (TPSA) is 68.6 Å². The van der Waals surface area contributed by atoms with Crippen LogP contribution in [0.5, 0.6) is 5.75 Å². The first-order chi connectivity index (χ1) is 16.9. The molecule has 1 amide bonds. The molecule has 0 atom stereocenters. The summed E-state index contributed by atoms with van der Waals surface area (Å²) in [6.07, 6.45) is 0. The Kier molecular flexibility index (Phi) is 8.44. The zero-order chi connectivity index (χ0) is 24.8. The Morgan fingerprint density at radius 2 is 1.94 bits per heavy atom. The molecule has 8 heteroatoms. The minimum atomic E-state index is -0.179. The number of nitrogens with zero attached hydrogens (tertiary/aromatic N) is 3. The molecule has 186 valence electrons. The lowest BCUT2D eigenvalue weighted by molar-refractivity contribution is 0.0342. The average Bonchev–Trinajstić information content (AvgIpc) is 3.17. The molecule has 0 unspecified atom stereocenters. The number of morpholine rings is 1. The Balaban J connectivity index is 1.43. The van der Waals surface area contributed by atoms with Crippen LogP contribution in [0.25, 0.3) is 0 Å². The van der Waals surface area contributed by atoms with E-state index in [9.17, 15) is 4.79 Å². The Morgan fingerprint density at radius 1 is 1.14 bits per heavy atom. The van der Waals surface area contributed by atoms with Gasteiger partial charge in [-0.05, 0) is 48.7 Å². The van der Waals surface area contributed by atoms with Crippen LogP contribution in [0.3, 0.4) is 0 Å². The van der Waals surface area contributed by atoms with Gasteiger partial charge in [-0.15, -0.1) is 0 Å². The third-order valence-electron chi connectivity index (χ3n) is 5.84. The summed E-state index contributed by atoms with van der Waals surface area (Å²) in [7, 11) is 0. The second-order valence-corrected chi connectivity index (χ2v) is 9.76. The number of rotatable bonds is 9. The number of aromatic nitrogens is 2. The average molecular weight is 497 g/mol. The number of aryl methyl sites for hydroxylation is 1. The Bertz CT molecular complexity index is 1160. The summed E-state index contributed by atoms with van der Waals surface area (Å²) in [5.74, 6) is 1.54. The maximum absolute atomic E-state index is 13.0. The van der Waals surface area contributed by atoms with Crippen LogP contribution in [-0.2, 0) is 17.8 Å². The van der Waals surface area contributed by atoms with Crippen LogP contribution in [0.4, 0.5) is 5.82 Å². The van der Waals surface area contributed by atoms with Crippen LogP contribution in [0.2, 0.25) is 5.02 Å². The molecule has 35 heavy (non-hydrogen) atoms. The summed E-state index contributed by atoms with van der Waals surface area (Å²) in [5, 5.41) is 8.20. The van der Waals surface area contributed by atoms with Gasteiger partial charge < -0.3 is 14.8 Å². The number of anilines is 1. The van der Waals surface area contributed by atoms with Crippen molar-refractivity contribution in [3.63, 3.8) is 0 Å². The highest BCUT2D eigenvalue weighted by molar-refractivity contribution is 6.30. The van der Waals surface area contributed by atoms with E-state index in [-0.39, 0.29) is 5.91 Å². The first kappa shape index (κ1) is 25.2. The van der Waals surface area contributed by atoms with E-state index < -0.39 is 0 Å². The van der Waals surface area contributed by atoms with E-state index in [0.29, 0.717) is 35.5 Å². The molecule has 7 nitrogen and oxygen atoms in total. The van der Waals surface area contributed by atoms with Gasteiger partial charge in [-0.25, -0.2) is 0 Å². The standard InChI is InChI=1S/C27H33ClN4O3/c1-19(2)18-35-25-8-7-24(28)15-23(25)17-32-20(3)13-26(30-32)29-27(33)22-6-4-5-21(14-22)16-31-9-11-34-12-10-31/h4-8,13-15,19H,9-12,16-18H2,1-3H3,(H,29,30,33). The van der Waals surface area contributed by atoms with Gasteiger partial charge in [0.2, 0.25) is 0 Å². The summed E-state index contributed by atoms with van der Waals surface area (Å²) in [5.41, 5.74) is 3.59. The lowest BCUT2D eigenvalue weighted by Crippen LogP contribution is -2.35. The quantitative estimate of drug-likeness (QED) is 0.451. The number of nitrogens with one attached hydrogen (secondary N) is 1. The van der Waals surface area contributed by atoms with Gasteiger partial charge in [0.15, 0.2) is 5.82 Å². The normalized spacial score (nSPS) is 14.3. The van der Waals surface area contributed by atoms with Crippen molar-refractivity contribution in [1.82, 2.24) is 14.7 Å². The first-order valence-corrected chi connectivity index (χ1v) is 12.4. The molecular formula is C27H33ClN4O3. The molecule has 0 saturated carbocycles. The minimum absolute atomic E-state index is 0.179. The van der Waals surface area contributed by atoms with Crippen molar-refractivity contribution >= 4 is 23.3 Å². The predicted octanol–water partition coefficient (Wildman–Crippen LogP) is 5.01. The third kappa shape index (κ3) is 7.07. The number of halogens is 1. The highest BCUT2D eigenvalue weighted by atomic mass is 35.5. The highest BCUT2D eigenvalue weighted by Crippen LogP contribution is 2.25. The molecule has 2 heterocycles. The van der Waals surface area contributed by atoms with Gasteiger partial charge in [-0.1, -0.05) is 37.6 Å². The van der Waals surface area contributed by atoms with Crippen LogP contribution in [0.1, 0.15) is 41.0 Å². The molecule has 1 saturated heterocycles. The van der Waals surface area contributed by atoms with E-state index in [1.54, 1.807) is 0 Å². The van der Waals surface area contributed by atoms with Gasteiger partial charge in [-0.3, -0.25) is 14.4 Å². The maximum Gasteiger partial charge on any atom is 0.256 e. The summed E-state index contributed by atoms with van der Waals surface area (Å²) < 4.78 is 13.2. The second-order valence-electron chi connectivity index (χ2n) is 9.33. The summed E-state index contributed by atoms with van der Waals surface area (Å²) in [6.45, 7) is 11.4. The molecule has 0 spiro atoms. The van der Waals surface area contributed by atoms with Crippen molar-refractivity contribution in [3.05, 3.63) is 75.9 Å². The predicted molar refractivity (Wildman–Crippen MR) is 138 cm³/mol. The SMILES string of the molecule is Cc1cc(NC(=O)c2cccc(CN3CCOCC3)c2)nn1Cc1cc(Cl)ccc1OCC(C)C. The Hall–Kier alpha value is -2.87. The molecule has 0 bridgehead atoms. The number of carbonyl (C=O) groups excluding carboxylic acids is 1. The van der Waals surface area contributed by atoms with Crippen LogP contribution < -0.4 is 10.1 Å². The van der Waals surface area contributed by atoms with Gasteiger partial charge >= 0.3 is 0 Å². The van der Waals surface area contributed by atoms with Crippen molar-refractivity contribution in [2.45, 2.75) is 33.9 Å². The summed E-state index contributed by atoms with van der Waals surface area (Å²) in [6, 6.07) is 15.2. The van der Waals surface area contributed by atoms with E-state index in [4.69, 9.17) is 21.1 Å². The smallest absolute Gasteiger partial charge is 0.256 e. The van der Waals surface area contributed by atoms with Gasteiger partial charge in [0, 0.05) is 47.5 Å². The molecule has 0 aliphatic carbocycles. The lowest BCUT2D eigenvalue weighted by Gasteiger charge is -2.26. The molecule has 1 aliphatic heterocycles. The Labute approximate surface area is 212 Å².